The number of ketones is 1. The molecule has 2 aromatic rings. The zero-order chi connectivity index (χ0) is 12.3. The molecule has 1 aromatic carbocycles. The normalized spacial score (nSPS) is 11.4. The first-order chi connectivity index (χ1) is 8.18. The predicted molar refractivity (Wildman–Crippen MR) is 77.0 cm³/mol. The van der Waals surface area contributed by atoms with Gasteiger partial charge >= 0.3 is 0 Å². The average molecular weight is 375 g/mol. The van der Waals surface area contributed by atoms with E-state index in [1.54, 1.807) is 30.5 Å². The first-order valence-electron chi connectivity index (χ1n) is 5.02. The van der Waals surface area contributed by atoms with Crippen LogP contribution in [0.1, 0.15) is 20.7 Å². The Labute approximate surface area is 123 Å². The van der Waals surface area contributed by atoms with Gasteiger partial charge in [-0.15, -0.1) is 17.0 Å². The van der Waals surface area contributed by atoms with Crippen LogP contribution in [0.4, 0.5) is 4.39 Å². The number of pyridine rings is 1. The van der Waals surface area contributed by atoms with Crippen molar-refractivity contribution in [3.63, 3.8) is 0 Å². The maximum absolute atomic E-state index is 12.8. The first kappa shape index (κ1) is 15.0. The minimum absolute atomic E-state index is 0. The van der Waals surface area contributed by atoms with Crippen LogP contribution in [0.2, 0.25) is 0 Å². The summed E-state index contributed by atoms with van der Waals surface area (Å²) in [4.78, 5) is 15.5. The van der Waals surface area contributed by atoms with E-state index >= 15 is 0 Å². The molecule has 0 spiro atoms. The van der Waals surface area contributed by atoms with Crippen molar-refractivity contribution in [3.8, 4) is 0 Å². The highest BCUT2D eigenvalue weighted by molar-refractivity contribution is 9.09. The SMILES string of the molecule is Br.O=C(c1cccnc1)C(Br)c1ccc(F)cc1. The molecule has 1 unspecified atom stereocenters. The molecule has 0 bridgehead atoms. The Kier molecular flexibility index (Phi) is 5.62. The molecule has 1 atom stereocenters. The van der Waals surface area contributed by atoms with Gasteiger partial charge in [0.1, 0.15) is 10.6 Å². The van der Waals surface area contributed by atoms with Crippen molar-refractivity contribution < 1.29 is 9.18 Å². The number of halogens is 3. The summed E-state index contributed by atoms with van der Waals surface area (Å²) < 4.78 is 12.8. The summed E-state index contributed by atoms with van der Waals surface area (Å²) in [5.41, 5.74) is 1.25. The van der Waals surface area contributed by atoms with Crippen LogP contribution in [0.5, 0.6) is 0 Å². The number of carbonyl (C=O) groups is 1. The van der Waals surface area contributed by atoms with Gasteiger partial charge in [-0.3, -0.25) is 9.78 Å². The molecule has 2 nitrogen and oxygen atoms in total. The van der Waals surface area contributed by atoms with Gasteiger partial charge in [-0.2, -0.15) is 0 Å². The van der Waals surface area contributed by atoms with E-state index in [4.69, 9.17) is 0 Å². The molecule has 0 aliphatic heterocycles. The fraction of sp³-hybridized carbons (Fsp3) is 0.0769. The van der Waals surface area contributed by atoms with Gasteiger partial charge in [0.2, 0.25) is 0 Å². The van der Waals surface area contributed by atoms with Crippen molar-refractivity contribution in [2.24, 2.45) is 0 Å². The van der Waals surface area contributed by atoms with Gasteiger partial charge in [0.25, 0.3) is 0 Å². The lowest BCUT2D eigenvalue weighted by Crippen LogP contribution is -2.07. The molecule has 1 aromatic heterocycles. The van der Waals surface area contributed by atoms with Gasteiger partial charge in [-0.25, -0.2) is 4.39 Å². The van der Waals surface area contributed by atoms with Gasteiger partial charge in [0.15, 0.2) is 5.78 Å². The molecule has 18 heavy (non-hydrogen) atoms. The average Bonchev–Trinajstić information content (AvgIpc) is 2.39. The quantitative estimate of drug-likeness (QED) is 0.597. The van der Waals surface area contributed by atoms with E-state index in [-0.39, 0.29) is 28.6 Å². The van der Waals surface area contributed by atoms with Gasteiger partial charge in [-0.05, 0) is 29.8 Å². The molecule has 5 heteroatoms. The minimum atomic E-state index is -0.479. The Morgan fingerprint density at radius 2 is 1.89 bits per heavy atom. The van der Waals surface area contributed by atoms with Crippen LogP contribution in [-0.4, -0.2) is 10.8 Å². The van der Waals surface area contributed by atoms with E-state index in [9.17, 15) is 9.18 Å². The molecule has 2 rings (SSSR count). The minimum Gasteiger partial charge on any atom is -0.292 e. The third-order valence-corrected chi connectivity index (χ3v) is 3.28. The third-order valence-electron chi connectivity index (χ3n) is 2.34. The zero-order valence-corrected chi connectivity index (χ0v) is 12.5. The largest absolute Gasteiger partial charge is 0.292 e. The second-order valence-corrected chi connectivity index (χ2v) is 4.44. The second-order valence-electron chi connectivity index (χ2n) is 3.52. The number of aromatic nitrogens is 1. The Hall–Kier alpha value is -1.07. The summed E-state index contributed by atoms with van der Waals surface area (Å²) in [5.74, 6) is -0.410. The summed E-state index contributed by atoms with van der Waals surface area (Å²) >= 11 is 3.31. The Morgan fingerprint density at radius 1 is 1.22 bits per heavy atom. The van der Waals surface area contributed by atoms with E-state index in [1.807, 2.05) is 0 Å². The standard InChI is InChI=1S/C13H9BrFNO.BrH/c14-12(9-3-5-11(15)6-4-9)13(17)10-2-1-7-16-8-10;/h1-8,12H;1H. The molecule has 0 N–H and O–H groups in total. The number of hydrogen-bond donors (Lipinski definition) is 0. The maximum Gasteiger partial charge on any atom is 0.182 e. The van der Waals surface area contributed by atoms with Gasteiger partial charge in [0.05, 0.1) is 0 Å². The zero-order valence-electron chi connectivity index (χ0n) is 9.22. The van der Waals surface area contributed by atoms with Crippen molar-refractivity contribution >= 4 is 38.7 Å². The smallest absolute Gasteiger partial charge is 0.182 e. The molecular formula is C13H10Br2FNO. The summed E-state index contributed by atoms with van der Waals surface area (Å²) in [6.07, 6.45) is 3.12. The van der Waals surface area contributed by atoms with Crippen LogP contribution in [0.15, 0.2) is 48.8 Å². The summed E-state index contributed by atoms with van der Waals surface area (Å²) in [5, 5.41) is 0. The number of nitrogens with zero attached hydrogens (tertiary/aromatic N) is 1. The highest BCUT2D eigenvalue weighted by Crippen LogP contribution is 2.26. The van der Waals surface area contributed by atoms with Crippen LogP contribution in [0.3, 0.4) is 0 Å². The molecule has 94 valence electrons. The molecule has 0 aliphatic carbocycles. The number of hydrogen-bond acceptors (Lipinski definition) is 2. The van der Waals surface area contributed by atoms with Gasteiger partial charge < -0.3 is 0 Å². The van der Waals surface area contributed by atoms with Crippen LogP contribution in [-0.2, 0) is 0 Å². The number of alkyl halides is 1. The van der Waals surface area contributed by atoms with Crippen LogP contribution >= 0.6 is 32.9 Å². The van der Waals surface area contributed by atoms with Gasteiger partial charge in [-0.1, -0.05) is 28.1 Å². The fourth-order valence-electron chi connectivity index (χ4n) is 1.44. The molecule has 0 saturated heterocycles. The van der Waals surface area contributed by atoms with Crippen LogP contribution in [0, 0.1) is 5.82 Å². The molecule has 0 aliphatic rings. The summed E-state index contributed by atoms with van der Waals surface area (Å²) in [6, 6.07) is 9.25. The highest BCUT2D eigenvalue weighted by atomic mass is 79.9. The van der Waals surface area contributed by atoms with Crippen LogP contribution in [0.25, 0.3) is 0 Å². The van der Waals surface area contributed by atoms with E-state index < -0.39 is 4.83 Å². The molecule has 1 heterocycles. The molecule has 0 fully saturated rings. The highest BCUT2D eigenvalue weighted by Gasteiger charge is 2.18. The summed E-state index contributed by atoms with van der Waals surface area (Å²) in [6.45, 7) is 0. The Balaban J connectivity index is 0.00000162. The van der Waals surface area contributed by atoms with Crippen LogP contribution < -0.4 is 0 Å². The third kappa shape index (κ3) is 3.46. The molecule has 0 radical (unpaired) electrons. The first-order valence-corrected chi connectivity index (χ1v) is 5.94. The summed E-state index contributed by atoms with van der Waals surface area (Å²) in [7, 11) is 0. The lowest BCUT2D eigenvalue weighted by atomic mass is 10.0. The number of rotatable bonds is 3. The number of benzene rings is 1. The maximum atomic E-state index is 12.8. The van der Waals surface area contributed by atoms with Crippen molar-refractivity contribution in [2.45, 2.75) is 4.83 Å². The second kappa shape index (κ2) is 6.75. The Bertz CT molecular complexity index is 516. The monoisotopic (exact) mass is 373 g/mol. The lowest BCUT2D eigenvalue weighted by molar-refractivity contribution is 0.0991. The van der Waals surface area contributed by atoms with E-state index in [0.717, 1.165) is 5.56 Å². The molecule has 0 saturated carbocycles. The van der Waals surface area contributed by atoms with E-state index in [2.05, 4.69) is 20.9 Å². The van der Waals surface area contributed by atoms with Crippen molar-refractivity contribution in [1.82, 2.24) is 4.98 Å². The number of Topliss-reactive ketones (excluding diaryl/α,β-unsaturated/α-hetero) is 1. The van der Waals surface area contributed by atoms with Crippen molar-refractivity contribution in [3.05, 3.63) is 65.7 Å². The predicted octanol–water partition coefficient (Wildman–Crippen LogP) is 4.12. The van der Waals surface area contributed by atoms with Crippen molar-refractivity contribution in [2.75, 3.05) is 0 Å². The fourth-order valence-corrected chi connectivity index (χ4v) is 2.01. The van der Waals surface area contributed by atoms with Crippen molar-refractivity contribution in [1.29, 1.82) is 0 Å². The molecule has 0 amide bonds. The lowest BCUT2D eigenvalue weighted by Gasteiger charge is -2.08. The van der Waals surface area contributed by atoms with E-state index in [1.165, 1.54) is 18.3 Å². The Morgan fingerprint density at radius 3 is 2.44 bits per heavy atom. The topological polar surface area (TPSA) is 30.0 Å². The number of carbonyl (C=O) groups excluding carboxylic acids is 1. The van der Waals surface area contributed by atoms with E-state index in [0.29, 0.717) is 5.56 Å². The molecular weight excluding hydrogens is 365 g/mol. The van der Waals surface area contributed by atoms with Gasteiger partial charge in [0, 0.05) is 18.0 Å².